The van der Waals surface area contributed by atoms with Gasteiger partial charge < -0.3 is 9.47 Å². The van der Waals surface area contributed by atoms with Crippen LogP contribution in [-0.2, 0) is 14.6 Å². The van der Waals surface area contributed by atoms with Crippen molar-refractivity contribution in [1.29, 1.82) is 5.41 Å². The fourth-order valence-corrected chi connectivity index (χ4v) is 6.68. The molecule has 4 rings (SSSR count). The second-order valence-corrected chi connectivity index (χ2v) is 12.2. The van der Waals surface area contributed by atoms with Crippen LogP contribution >= 0.6 is 23.1 Å². The lowest BCUT2D eigenvalue weighted by atomic mass is 10.1. The highest BCUT2D eigenvalue weighted by atomic mass is 32.3. The molecule has 1 N–H and O–H groups in total. The van der Waals surface area contributed by atoms with Crippen molar-refractivity contribution in [2.45, 2.75) is 20.8 Å². The molecule has 13 heteroatoms. The van der Waals surface area contributed by atoms with E-state index in [9.17, 15) is 18.0 Å². The smallest absolute Gasteiger partial charge is 0.353 e. The first kappa shape index (κ1) is 25.8. The molecule has 0 unspecified atom stereocenters. The first-order chi connectivity index (χ1) is 17.1. The number of fused-ring (bicyclic) bond motifs is 1. The molecule has 2 aromatic rings. The minimum Gasteiger partial charge on any atom is -0.490 e. The lowest BCUT2D eigenvalue weighted by Crippen LogP contribution is -2.35. The van der Waals surface area contributed by atoms with Gasteiger partial charge in [0.25, 0.3) is 5.91 Å². The molecule has 0 aliphatic carbocycles. The average molecular weight is 547 g/mol. The normalized spacial score (nSPS) is 16.8. The molecule has 2 aliphatic rings. The van der Waals surface area contributed by atoms with Crippen molar-refractivity contribution >= 4 is 66.3 Å². The Bertz CT molecular complexity index is 1430. The number of thiophene rings is 1. The van der Waals surface area contributed by atoms with Gasteiger partial charge in [0, 0.05) is 0 Å². The van der Waals surface area contributed by atoms with E-state index in [2.05, 4.69) is 10.1 Å². The number of hydrazone groups is 1. The lowest BCUT2D eigenvalue weighted by molar-refractivity contribution is -0.114. The van der Waals surface area contributed by atoms with Gasteiger partial charge in [0.15, 0.2) is 17.3 Å². The van der Waals surface area contributed by atoms with E-state index in [0.717, 1.165) is 16.8 Å². The number of benzene rings is 1. The van der Waals surface area contributed by atoms with Gasteiger partial charge in [0.2, 0.25) is 19.4 Å². The monoisotopic (exact) mass is 546 g/mol. The number of sulfone groups is 1. The molecule has 1 aromatic carbocycles. The Kier molecular flexibility index (Phi) is 7.43. The molecule has 188 valence electrons. The number of hydrogen-bond acceptors (Lipinski definition) is 10. The van der Waals surface area contributed by atoms with Crippen LogP contribution in [0.15, 0.2) is 51.4 Å². The molecule has 0 bridgehead atoms. The van der Waals surface area contributed by atoms with E-state index < -0.39 is 21.7 Å². The molecule has 2 aliphatic heterocycles. The molecule has 10 nitrogen and oxygen atoms in total. The number of thioether (sulfide) groups is 1. The predicted molar refractivity (Wildman–Crippen MR) is 141 cm³/mol. The Balaban J connectivity index is 1.61. The number of esters is 1. The molecule has 0 saturated heterocycles. The third-order valence-corrected chi connectivity index (χ3v) is 9.04. The summed E-state index contributed by atoms with van der Waals surface area (Å²) < 4.78 is 36.1. The van der Waals surface area contributed by atoms with Gasteiger partial charge in [-0.25, -0.2) is 13.2 Å². The number of nitrogens with zero attached hydrogens (tertiary/aromatic N) is 3. The molecule has 0 fully saturated rings. The van der Waals surface area contributed by atoms with Crippen LogP contribution in [0.1, 0.15) is 36.0 Å². The van der Waals surface area contributed by atoms with Crippen LogP contribution in [0.4, 0.5) is 0 Å². The van der Waals surface area contributed by atoms with Gasteiger partial charge in [-0.05, 0) is 59.8 Å². The van der Waals surface area contributed by atoms with E-state index >= 15 is 0 Å². The fourth-order valence-electron chi connectivity index (χ4n) is 3.29. The van der Waals surface area contributed by atoms with Crippen LogP contribution in [0.2, 0.25) is 0 Å². The zero-order valence-electron chi connectivity index (χ0n) is 19.5. The largest absolute Gasteiger partial charge is 0.490 e. The maximum Gasteiger partial charge on any atom is 0.353 e. The maximum atomic E-state index is 12.7. The van der Waals surface area contributed by atoms with Gasteiger partial charge >= 0.3 is 5.97 Å². The Labute approximate surface area is 216 Å². The number of carbonyl (C=O) groups is 2. The molecule has 3 heterocycles. The number of aliphatic imine (C=N–C) groups is 1. The van der Waals surface area contributed by atoms with Gasteiger partial charge in [-0.15, -0.1) is 16.4 Å². The summed E-state index contributed by atoms with van der Waals surface area (Å²) in [5.41, 5.74) is 0.418. The molecule has 0 radical (unpaired) electrons. The topological polar surface area (TPSA) is 139 Å². The van der Waals surface area contributed by atoms with E-state index in [1.807, 2.05) is 0 Å². The van der Waals surface area contributed by atoms with Crippen molar-refractivity contribution in [3.63, 3.8) is 0 Å². The Morgan fingerprint density at radius 3 is 2.69 bits per heavy atom. The fraction of sp³-hybridized carbons (Fsp3) is 0.261. The summed E-state index contributed by atoms with van der Waals surface area (Å²) in [6, 6.07) is 8.12. The number of amides is 1. The third-order valence-electron chi connectivity index (χ3n) is 4.76. The highest BCUT2D eigenvalue weighted by molar-refractivity contribution is 8.42. The molecule has 1 aromatic heterocycles. The molecule has 0 atom stereocenters. The number of carbonyl (C=O) groups excluding carboxylic acids is 2. The minimum absolute atomic E-state index is 0.0234. The minimum atomic E-state index is -3.67. The van der Waals surface area contributed by atoms with E-state index in [0.29, 0.717) is 17.0 Å². The molecular formula is C23H22N4O6S3. The summed E-state index contributed by atoms with van der Waals surface area (Å²) in [5.74, 6) is -1.22. The van der Waals surface area contributed by atoms with Crippen LogP contribution in [0.3, 0.4) is 0 Å². The predicted octanol–water partition coefficient (Wildman–Crippen LogP) is 4.01. The third kappa shape index (κ3) is 5.42. The van der Waals surface area contributed by atoms with Gasteiger partial charge in [0.1, 0.15) is 4.88 Å². The van der Waals surface area contributed by atoms with Gasteiger partial charge in [-0.1, -0.05) is 26.0 Å². The lowest BCUT2D eigenvalue weighted by Gasteiger charge is -2.20. The highest BCUT2D eigenvalue weighted by Crippen LogP contribution is 2.33. The number of ether oxygens (including phenoxy) is 2. The molecule has 36 heavy (non-hydrogen) atoms. The van der Waals surface area contributed by atoms with E-state index in [-0.39, 0.29) is 44.1 Å². The first-order valence-corrected chi connectivity index (χ1v) is 14.2. The molecular weight excluding hydrogens is 524 g/mol. The maximum absolute atomic E-state index is 12.7. The summed E-state index contributed by atoms with van der Waals surface area (Å²) >= 11 is 2.01. The summed E-state index contributed by atoms with van der Waals surface area (Å²) in [4.78, 5) is 29.4. The Hall–Kier alpha value is -3.29. The number of rotatable bonds is 7. The number of hydrogen-bond donors (Lipinski definition) is 1. The Morgan fingerprint density at radius 1 is 1.25 bits per heavy atom. The summed E-state index contributed by atoms with van der Waals surface area (Å²) in [5, 5.41) is 15.4. The van der Waals surface area contributed by atoms with Crippen molar-refractivity contribution in [3.8, 4) is 11.5 Å². The van der Waals surface area contributed by atoms with E-state index in [4.69, 9.17) is 14.9 Å². The zero-order chi connectivity index (χ0) is 26.0. The first-order valence-electron chi connectivity index (χ1n) is 10.8. The Morgan fingerprint density at radius 2 is 2.03 bits per heavy atom. The molecule has 0 saturated carbocycles. The van der Waals surface area contributed by atoms with Crippen molar-refractivity contribution in [2.75, 3.05) is 12.4 Å². The van der Waals surface area contributed by atoms with Crippen LogP contribution in [0.5, 0.6) is 11.5 Å². The number of nitrogens with one attached hydrogen (secondary N) is 1. The van der Waals surface area contributed by atoms with Crippen LogP contribution in [0.25, 0.3) is 6.08 Å². The molecule has 1 amide bonds. The second kappa shape index (κ2) is 10.4. The van der Waals surface area contributed by atoms with Crippen molar-refractivity contribution in [1.82, 2.24) is 5.01 Å². The van der Waals surface area contributed by atoms with Crippen molar-refractivity contribution in [3.05, 3.63) is 51.7 Å². The second-order valence-electron chi connectivity index (χ2n) is 8.07. The number of amidine groups is 2. The summed E-state index contributed by atoms with van der Waals surface area (Å²) in [6.07, 6.45) is 1.43. The van der Waals surface area contributed by atoms with Crippen LogP contribution < -0.4 is 9.47 Å². The summed E-state index contributed by atoms with van der Waals surface area (Å²) in [6.45, 7) is 5.64. The van der Waals surface area contributed by atoms with E-state index in [1.165, 1.54) is 23.5 Å². The van der Waals surface area contributed by atoms with Gasteiger partial charge in [0.05, 0.1) is 17.9 Å². The van der Waals surface area contributed by atoms with E-state index in [1.54, 1.807) is 50.4 Å². The average Bonchev–Trinajstić information content (AvgIpc) is 3.48. The SMILES string of the molecule is CCOc1cc(/C=C2/C(=N)N3N=C(S(=O)(=O)CC(C)C)SC3=NC2=O)ccc1OC(=O)c1cccs1. The van der Waals surface area contributed by atoms with Crippen molar-refractivity contribution in [2.24, 2.45) is 16.0 Å². The highest BCUT2D eigenvalue weighted by Gasteiger charge is 2.39. The van der Waals surface area contributed by atoms with Gasteiger partial charge in [-0.3, -0.25) is 10.2 Å². The standard InChI is InChI=1S/C23H22N4O6S3/c1-4-32-17-11-14(7-8-16(17)33-21(29)18-6-5-9-34-18)10-15-19(24)27-22(25-20(15)28)35-23(26-27)36(30,31)12-13(2)3/h5-11,13,24H,4,12H2,1-3H3/b15-10-,24-19?. The van der Waals surface area contributed by atoms with Crippen molar-refractivity contribution < 1.29 is 27.5 Å². The quantitative estimate of drug-likeness (QED) is 0.312. The molecule has 0 spiro atoms. The van der Waals surface area contributed by atoms with Gasteiger partial charge in [-0.2, -0.15) is 10.0 Å². The zero-order valence-corrected chi connectivity index (χ0v) is 22.0. The summed E-state index contributed by atoms with van der Waals surface area (Å²) in [7, 11) is -3.67. The van der Waals surface area contributed by atoms with Crippen LogP contribution in [-0.4, -0.2) is 53.0 Å². The van der Waals surface area contributed by atoms with Crippen LogP contribution in [0, 0.1) is 11.3 Å².